The molecule has 1 heterocycles. The zero-order valence-electron chi connectivity index (χ0n) is 16.6. The average molecular weight is 377 g/mol. The molecule has 0 bridgehead atoms. The van der Waals surface area contributed by atoms with Gasteiger partial charge in [0, 0.05) is 16.4 Å². The van der Waals surface area contributed by atoms with Crippen molar-refractivity contribution in [1.29, 1.82) is 0 Å². The first kappa shape index (κ1) is 18.3. The van der Waals surface area contributed by atoms with E-state index in [1.807, 2.05) is 0 Å². The van der Waals surface area contributed by atoms with E-state index in [4.69, 9.17) is 0 Å². The minimum absolute atomic E-state index is 0.143. The second kappa shape index (κ2) is 6.54. The molecule has 0 saturated heterocycles. The van der Waals surface area contributed by atoms with Gasteiger partial charge in [-0.3, -0.25) is 0 Å². The van der Waals surface area contributed by atoms with Crippen LogP contribution in [-0.2, 0) is 11.8 Å². The number of rotatable bonds is 3. The molecule has 0 fully saturated rings. The summed E-state index contributed by atoms with van der Waals surface area (Å²) in [5.74, 6) is 0. The van der Waals surface area contributed by atoms with Crippen LogP contribution in [0.25, 0.3) is 11.1 Å². The summed E-state index contributed by atoms with van der Waals surface area (Å²) in [5.41, 5.74) is 5.51. The fourth-order valence-electron chi connectivity index (χ4n) is 4.04. The molecule has 1 unspecified atom stereocenters. The van der Waals surface area contributed by atoms with E-state index < -0.39 is 10.0 Å². The highest BCUT2D eigenvalue weighted by Gasteiger charge is 2.37. The molecule has 1 aliphatic rings. The maximum atomic E-state index is 9.21. The van der Waals surface area contributed by atoms with Crippen LogP contribution in [0.15, 0.2) is 81.4 Å². The molecule has 3 aromatic carbocycles. The van der Waals surface area contributed by atoms with Crippen LogP contribution < -0.4 is 0 Å². The van der Waals surface area contributed by atoms with Gasteiger partial charge in [0.05, 0.1) is 0 Å². The lowest BCUT2D eigenvalue weighted by Crippen LogP contribution is -2.11. The molecule has 0 saturated carbocycles. The lowest BCUT2D eigenvalue weighted by atomic mass is 9.85. The van der Waals surface area contributed by atoms with Gasteiger partial charge in [-0.25, -0.2) is 0 Å². The Hall–Kier alpha value is -2.03. The van der Waals surface area contributed by atoms with Gasteiger partial charge in [0.2, 0.25) is 0 Å². The number of aliphatic hydroxyl groups is 1. The molecule has 0 spiro atoms. The van der Waals surface area contributed by atoms with Crippen LogP contribution in [0.1, 0.15) is 31.9 Å². The molecule has 0 aliphatic carbocycles. The summed E-state index contributed by atoms with van der Waals surface area (Å²) < 4.78 is 0. The van der Waals surface area contributed by atoms with E-state index in [9.17, 15) is 5.11 Å². The molecule has 1 N–H and O–H groups in total. The Morgan fingerprint density at radius 3 is 2.15 bits per heavy atom. The van der Waals surface area contributed by atoms with Crippen LogP contribution in [0.2, 0.25) is 0 Å². The van der Waals surface area contributed by atoms with Crippen molar-refractivity contribution in [2.75, 3.05) is 12.9 Å². The summed E-state index contributed by atoms with van der Waals surface area (Å²) in [5, 5.41) is 9.21. The standard InChI is InChI=1S/C25H28OS/c1-25(2,3)19-11-14-24-22(17-19)21-7-5-6-8-23(21)27(24,4)20-12-9-18(10-13-20)15-16-26/h5-14,17,26H,15-16H2,1-4H3. The molecule has 2 heteroatoms. The first-order valence-corrected chi connectivity index (χ1v) is 11.6. The molecular formula is C25H28OS. The summed E-state index contributed by atoms with van der Waals surface area (Å²) >= 11 is 0. The van der Waals surface area contributed by atoms with Crippen molar-refractivity contribution < 1.29 is 5.11 Å². The molecule has 27 heavy (non-hydrogen) atoms. The van der Waals surface area contributed by atoms with Crippen LogP contribution in [-0.4, -0.2) is 18.0 Å². The fraction of sp³-hybridized carbons (Fsp3) is 0.280. The van der Waals surface area contributed by atoms with Crippen LogP contribution >= 0.6 is 10.0 Å². The van der Waals surface area contributed by atoms with Gasteiger partial charge >= 0.3 is 0 Å². The molecule has 140 valence electrons. The first-order chi connectivity index (χ1) is 12.9. The maximum Gasteiger partial charge on any atom is 0.0471 e. The maximum absolute atomic E-state index is 9.21. The minimum atomic E-state index is -1.26. The second-order valence-electron chi connectivity index (χ2n) is 8.49. The van der Waals surface area contributed by atoms with E-state index in [2.05, 4.69) is 93.8 Å². The summed E-state index contributed by atoms with van der Waals surface area (Å²) in [4.78, 5) is 4.31. The Bertz CT molecular complexity index is 982. The number of fused-ring (bicyclic) bond motifs is 3. The third kappa shape index (κ3) is 2.92. The summed E-state index contributed by atoms with van der Waals surface area (Å²) in [6.07, 6.45) is 3.14. The van der Waals surface area contributed by atoms with E-state index in [-0.39, 0.29) is 12.0 Å². The van der Waals surface area contributed by atoms with Crippen molar-refractivity contribution in [2.45, 2.75) is 47.3 Å². The lowest BCUT2D eigenvalue weighted by molar-refractivity contribution is 0.299. The molecule has 0 amide bonds. The molecule has 1 nitrogen and oxygen atoms in total. The normalized spacial score (nSPS) is 20.6. The van der Waals surface area contributed by atoms with Gasteiger partial charge in [-0.1, -0.05) is 57.2 Å². The van der Waals surface area contributed by atoms with Crippen LogP contribution in [0.5, 0.6) is 0 Å². The highest BCUT2D eigenvalue weighted by atomic mass is 32.3. The zero-order chi connectivity index (χ0) is 19.2. The van der Waals surface area contributed by atoms with Crippen LogP contribution in [0, 0.1) is 0 Å². The van der Waals surface area contributed by atoms with Gasteiger partial charge in [0.15, 0.2) is 0 Å². The number of aliphatic hydroxyl groups excluding tert-OH is 1. The third-order valence-corrected chi connectivity index (χ3v) is 9.38. The Kier molecular flexibility index (Phi) is 4.44. The van der Waals surface area contributed by atoms with E-state index in [0.29, 0.717) is 6.42 Å². The van der Waals surface area contributed by atoms with Crippen molar-refractivity contribution in [3.63, 3.8) is 0 Å². The highest BCUT2D eigenvalue weighted by molar-refractivity contribution is 8.33. The minimum Gasteiger partial charge on any atom is -0.396 e. The highest BCUT2D eigenvalue weighted by Crippen LogP contribution is 2.73. The van der Waals surface area contributed by atoms with Gasteiger partial charge in [0.1, 0.15) is 0 Å². The van der Waals surface area contributed by atoms with E-state index in [1.54, 1.807) is 0 Å². The second-order valence-corrected chi connectivity index (χ2v) is 11.7. The summed E-state index contributed by atoms with van der Waals surface area (Å²) in [6.45, 7) is 7.04. The Balaban J connectivity index is 1.92. The monoisotopic (exact) mass is 376 g/mol. The van der Waals surface area contributed by atoms with Crippen LogP contribution in [0.3, 0.4) is 0 Å². The number of benzene rings is 3. The summed E-state index contributed by atoms with van der Waals surface area (Å²) in [7, 11) is -1.26. The Labute approximate surface area is 164 Å². The van der Waals surface area contributed by atoms with Gasteiger partial charge in [-0.05, 0) is 75.6 Å². The average Bonchev–Trinajstić information content (AvgIpc) is 2.92. The van der Waals surface area contributed by atoms with Gasteiger partial charge < -0.3 is 5.11 Å². The van der Waals surface area contributed by atoms with Crippen LogP contribution in [0.4, 0.5) is 0 Å². The Morgan fingerprint density at radius 1 is 0.815 bits per heavy atom. The van der Waals surface area contributed by atoms with E-state index in [1.165, 1.54) is 36.9 Å². The topological polar surface area (TPSA) is 20.2 Å². The molecular weight excluding hydrogens is 348 g/mol. The van der Waals surface area contributed by atoms with Crippen molar-refractivity contribution in [3.8, 4) is 11.1 Å². The predicted octanol–water partition coefficient (Wildman–Crippen LogP) is 6.41. The largest absolute Gasteiger partial charge is 0.396 e. The lowest BCUT2D eigenvalue weighted by Gasteiger charge is -2.34. The molecule has 0 aromatic heterocycles. The molecule has 1 aliphatic heterocycles. The van der Waals surface area contributed by atoms with Gasteiger partial charge in [-0.15, -0.1) is 0 Å². The van der Waals surface area contributed by atoms with E-state index >= 15 is 0 Å². The van der Waals surface area contributed by atoms with Crippen molar-refractivity contribution in [3.05, 3.63) is 77.9 Å². The van der Waals surface area contributed by atoms with Gasteiger partial charge in [-0.2, -0.15) is 10.0 Å². The molecule has 1 atom stereocenters. The van der Waals surface area contributed by atoms with Gasteiger partial charge in [0.25, 0.3) is 0 Å². The number of hydrogen-bond acceptors (Lipinski definition) is 1. The third-order valence-electron chi connectivity index (χ3n) is 5.70. The van der Waals surface area contributed by atoms with E-state index in [0.717, 1.165) is 0 Å². The predicted molar refractivity (Wildman–Crippen MR) is 116 cm³/mol. The smallest absolute Gasteiger partial charge is 0.0471 e. The molecule has 0 radical (unpaired) electrons. The first-order valence-electron chi connectivity index (χ1n) is 9.58. The SMILES string of the molecule is CC(C)(C)c1ccc2c(c1)-c1ccccc1S2(C)c1ccc(CCO)cc1. The number of hydrogen-bond donors (Lipinski definition) is 1. The molecule has 3 aromatic rings. The van der Waals surface area contributed by atoms with Crippen molar-refractivity contribution >= 4 is 10.0 Å². The molecule has 4 rings (SSSR count). The van der Waals surface area contributed by atoms with Crippen molar-refractivity contribution in [1.82, 2.24) is 0 Å². The fourth-order valence-corrected chi connectivity index (χ4v) is 7.38. The zero-order valence-corrected chi connectivity index (χ0v) is 17.4. The Morgan fingerprint density at radius 2 is 1.48 bits per heavy atom. The summed E-state index contributed by atoms with van der Waals surface area (Å²) in [6, 6.07) is 24.9. The quantitative estimate of drug-likeness (QED) is 0.560. The van der Waals surface area contributed by atoms with Crippen molar-refractivity contribution in [2.24, 2.45) is 0 Å².